The molecule has 4 N–H and O–H groups in total. The molecule has 0 spiro atoms. The maximum Gasteiger partial charge on any atom is 0.327 e. The van der Waals surface area contributed by atoms with E-state index in [1.165, 1.54) is 0 Å². The average molecular weight is 290 g/mol. The SMILES string of the molecule is C=CC(=O)O.CC(CC1CCCO1)C(CO)(CO)CO. The van der Waals surface area contributed by atoms with Gasteiger partial charge in [-0.05, 0) is 25.2 Å². The summed E-state index contributed by atoms with van der Waals surface area (Å²) in [6.07, 6.45) is 3.98. The Balaban J connectivity index is 0.000000621. The summed E-state index contributed by atoms with van der Waals surface area (Å²) < 4.78 is 5.51. The van der Waals surface area contributed by atoms with Crippen LogP contribution in [0.4, 0.5) is 0 Å². The third kappa shape index (κ3) is 6.00. The number of carboxylic acids is 1. The molecule has 1 aliphatic heterocycles. The maximum atomic E-state index is 9.26. The second-order valence-electron chi connectivity index (χ2n) is 5.15. The summed E-state index contributed by atoms with van der Waals surface area (Å²) in [7, 11) is 0. The molecule has 0 aromatic heterocycles. The Kier molecular flexibility index (Phi) is 9.41. The van der Waals surface area contributed by atoms with Gasteiger partial charge in [0.25, 0.3) is 0 Å². The van der Waals surface area contributed by atoms with Crippen molar-refractivity contribution >= 4 is 5.97 Å². The summed E-state index contributed by atoms with van der Waals surface area (Å²) in [5.41, 5.74) is -0.772. The van der Waals surface area contributed by atoms with Crippen molar-refractivity contribution in [2.75, 3.05) is 26.4 Å². The molecule has 0 aliphatic carbocycles. The highest BCUT2D eigenvalue weighted by molar-refractivity contribution is 5.78. The van der Waals surface area contributed by atoms with Gasteiger partial charge in [0.2, 0.25) is 0 Å². The van der Waals surface area contributed by atoms with Crippen LogP contribution in [0.1, 0.15) is 26.2 Å². The molecule has 118 valence electrons. The van der Waals surface area contributed by atoms with Crippen molar-refractivity contribution in [2.45, 2.75) is 32.3 Å². The monoisotopic (exact) mass is 290 g/mol. The predicted octanol–water partition coefficient (Wildman–Crippen LogP) is 0.412. The molecule has 0 bridgehead atoms. The standard InChI is InChI=1S/C11H22O4.C3H4O2/c1-9(5-10-3-2-4-15-10)11(6-12,7-13)8-14;1-2-3(4)5/h9-10,12-14H,2-8H2,1H3;2H,1H2,(H,4,5). The largest absolute Gasteiger partial charge is 0.478 e. The first-order chi connectivity index (χ1) is 9.45. The van der Waals surface area contributed by atoms with E-state index in [4.69, 9.17) is 9.84 Å². The molecule has 0 aromatic carbocycles. The van der Waals surface area contributed by atoms with Gasteiger partial charge in [0.05, 0.1) is 25.9 Å². The number of carbonyl (C=O) groups is 1. The lowest BCUT2D eigenvalue weighted by Crippen LogP contribution is -2.41. The molecular weight excluding hydrogens is 264 g/mol. The van der Waals surface area contributed by atoms with E-state index in [0.29, 0.717) is 0 Å². The number of aliphatic hydroxyl groups excluding tert-OH is 3. The fraction of sp³-hybridized carbons (Fsp3) is 0.786. The van der Waals surface area contributed by atoms with Crippen LogP contribution in [0.15, 0.2) is 12.7 Å². The van der Waals surface area contributed by atoms with Crippen LogP contribution in [0, 0.1) is 11.3 Å². The zero-order valence-corrected chi connectivity index (χ0v) is 12.0. The van der Waals surface area contributed by atoms with Crippen LogP contribution in [0.2, 0.25) is 0 Å². The highest BCUT2D eigenvalue weighted by Gasteiger charge is 2.36. The molecule has 1 rings (SSSR count). The third-order valence-corrected chi connectivity index (χ3v) is 3.81. The molecular formula is C14H26O6. The summed E-state index contributed by atoms with van der Waals surface area (Å²) in [6.45, 7) is 5.16. The quantitative estimate of drug-likeness (QED) is 0.506. The lowest BCUT2D eigenvalue weighted by atomic mass is 9.75. The maximum absolute atomic E-state index is 9.26. The van der Waals surface area contributed by atoms with Crippen LogP contribution in [0.5, 0.6) is 0 Å². The summed E-state index contributed by atoms with van der Waals surface area (Å²) in [5, 5.41) is 35.4. The van der Waals surface area contributed by atoms with Crippen molar-refractivity contribution in [1.29, 1.82) is 0 Å². The Morgan fingerprint density at radius 1 is 1.40 bits per heavy atom. The molecule has 1 saturated heterocycles. The van der Waals surface area contributed by atoms with Crippen molar-refractivity contribution in [2.24, 2.45) is 11.3 Å². The normalized spacial score (nSPS) is 19.9. The molecule has 6 nitrogen and oxygen atoms in total. The molecule has 0 saturated carbocycles. The summed E-state index contributed by atoms with van der Waals surface area (Å²) in [4.78, 5) is 9.25. The Morgan fingerprint density at radius 2 is 1.90 bits per heavy atom. The minimum Gasteiger partial charge on any atom is -0.478 e. The fourth-order valence-corrected chi connectivity index (χ4v) is 2.09. The molecule has 0 amide bonds. The van der Waals surface area contributed by atoms with Gasteiger partial charge in [0.15, 0.2) is 0 Å². The van der Waals surface area contributed by atoms with Crippen LogP contribution in [0.3, 0.4) is 0 Å². The van der Waals surface area contributed by atoms with Crippen LogP contribution < -0.4 is 0 Å². The number of rotatable bonds is 7. The van der Waals surface area contributed by atoms with E-state index in [-0.39, 0.29) is 31.8 Å². The first-order valence-corrected chi connectivity index (χ1v) is 6.75. The van der Waals surface area contributed by atoms with E-state index >= 15 is 0 Å². The van der Waals surface area contributed by atoms with Crippen molar-refractivity contribution in [3.05, 3.63) is 12.7 Å². The second kappa shape index (κ2) is 9.88. The minimum absolute atomic E-state index is 0.0561. The smallest absolute Gasteiger partial charge is 0.327 e. The molecule has 0 aromatic rings. The predicted molar refractivity (Wildman–Crippen MR) is 74.3 cm³/mol. The van der Waals surface area contributed by atoms with E-state index in [0.717, 1.165) is 31.9 Å². The topological polar surface area (TPSA) is 107 Å². The number of ether oxygens (including phenoxy) is 1. The fourth-order valence-electron chi connectivity index (χ4n) is 2.09. The van der Waals surface area contributed by atoms with E-state index in [1.54, 1.807) is 0 Å². The molecule has 2 unspecified atom stereocenters. The molecule has 1 fully saturated rings. The van der Waals surface area contributed by atoms with Gasteiger partial charge in [-0.1, -0.05) is 13.5 Å². The number of carboxylic acid groups (broad SMARTS) is 1. The second-order valence-corrected chi connectivity index (χ2v) is 5.15. The van der Waals surface area contributed by atoms with Crippen LogP contribution in [-0.4, -0.2) is 58.9 Å². The minimum atomic E-state index is -0.981. The lowest BCUT2D eigenvalue weighted by Gasteiger charge is -2.35. The Morgan fingerprint density at radius 3 is 2.20 bits per heavy atom. The van der Waals surface area contributed by atoms with Gasteiger partial charge in [-0.15, -0.1) is 0 Å². The van der Waals surface area contributed by atoms with Gasteiger partial charge in [-0.25, -0.2) is 4.79 Å². The van der Waals surface area contributed by atoms with Crippen molar-refractivity contribution < 1.29 is 30.0 Å². The number of hydrogen-bond acceptors (Lipinski definition) is 5. The van der Waals surface area contributed by atoms with E-state index in [9.17, 15) is 20.1 Å². The summed E-state index contributed by atoms with van der Waals surface area (Å²) >= 11 is 0. The molecule has 20 heavy (non-hydrogen) atoms. The Bertz CT molecular complexity index is 273. The van der Waals surface area contributed by atoms with Gasteiger partial charge < -0.3 is 25.2 Å². The summed E-state index contributed by atoms with van der Waals surface area (Å²) in [6, 6.07) is 0. The number of aliphatic carboxylic acids is 1. The van der Waals surface area contributed by atoms with Gasteiger partial charge >= 0.3 is 5.97 Å². The van der Waals surface area contributed by atoms with E-state index in [2.05, 4.69) is 6.58 Å². The number of hydrogen-bond donors (Lipinski definition) is 4. The molecule has 1 heterocycles. The van der Waals surface area contributed by atoms with Crippen molar-refractivity contribution in [3.63, 3.8) is 0 Å². The zero-order chi connectivity index (χ0) is 15.6. The molecule has 1 aliphatic rings. The van der Waals surface area contributed by atoms with Gasteiger partial charge in [-0.2, -0.15) is 0 Å². The van der Waals surface area contributed by atoms with Crippen LogP contribution >= 0.6 is 0 Å². The highest BCUT2D eigenvalue weighted by atomic mass is 16.5. The lowest BCUT2D eigenvalue weighted by molar-refractivity contribution is -0.131. The van der Waals surface area contributed by atoms with Gasteiger partial charge in [0, 0.05) is 18.1 Å². The third-order valence-electron chi connectivity index (χ3n) is 3.81. The first kappa shape index (κ1) is 19.1. The summed E-state index contributed by atoms with van der Waals surface area (Å²) in [5.74, 6) is -0.925. The van der Waals surface area contributed by atoms with E-state index in [1.807, 2.05) is 6.92 Å². The molecule has 2 atom stereocenters. The van der Waals surface area contributed by atoms with Crippen molar-refractivity contribution in [1.82, 2.24) is 0 Å². The average Bonchev–Trinajstić information content (AvgIpc) is 2.95. The highest BCUT2D eigenvalue weighted by Crippen LogP contribution is 2.32. The molecule has 6 heteroatoms. The Hall–Kier alpha value is -0.950. The molecule has 0 radical (unpaired) electrons. The van der Waals surface area contributed by atoms with Crippen LogP contribution in [-0.2, 0) is 9.53 Å². The van der Waals surface area contributed by atoms with Crippen LogP contribution in [0.25, 0.3) is 0 Å². The first-order valence-electron chi connectivity index (χ1n) is 6.75. The zero-order valence-electron chi connectivity index (χ0n) is 12.0. The van der Waals surface area contributed by atoms with Gasteiger partial charge in [-0.3, -0.25) is 0 Å². The number of aliphatic hydroxyl groups is 3. The van der Waals surface area contributed by atoms with E-state index < -0.39 is 11.4 Å². The van der Waals surface area contributed by atoms with Gasteiger partial charge in [0.1, 0.15) is 0 Å². The van der Waals surface area contributed by atoms with Crippen molar-refractivity contribution in [3.8, 4) is 0 Å². The Labute approximate surface area is 119 Å².